The summed E-state index contributed by atoms with van der Waals surface area (Å²) in [6.45, 7) is 5.82. The number of hydrogen-bond acceptors (Lipinski definition) is 6. The second-order valence-electron chi connectivity index (χ2n) is 9.73. The number of carbonyl (C=O) groups excluding carboxylic acids is 2. The first-order chi connectivity index (χ1) is 17.6. The maximum Gasteiger partial charge on any atom is 0.319 e. The van der Waals surface area contributed by atoms with Crippen molar-refractivity contribution >= 4 is 23.7 Å². The minimum atomic E-state index is -0.470. The quantitative estimate of drug-likeness (QED) is 0.149. The molecule has 2 saturated heterocycles. The Bertz CT molecular complexity index is 908. The molecule has 4 atom stereocenters. The molecule has 194 valence electrons. The number of unbranched alkanes of at least 4 members (excludes halogenated alkanes) is 6. The maximum absolute atomic E-state index is 12.7. The van der Waals surface area contributed by atoms with E-state index in [0.717, 1.165) is 35.5 Å². The second kappa shape index (κ2) is 13.2. The van der Waals surface area contributed by atoms with Crippen molar-refractivity contribution in [2.24, 2.45) is 11.8 Å². The molecule has 5 nitrogen and oxygen atoms in total. The van der Waals surface area contributed by atoms with E-state index >= 15 is 0 Å². The molecule has 2 aliphatic rings. The molecule has 2 heterocycles. The van der Waals surface area contributed by atoms with Gasteiger partial charge in [-0.1, -0.05) is 76.6 Å². The van der Waals surface area contributed by atoms with E-state index in [-0.39, 0.29) is 10.5 Å². The molecule has 0 saturated carbocycles. The fraction of sp³-hybridized carbons (Fsp3) is 0.533. The van der Waals surface area contributed by atoms with Crippen LogP contribution < -0.4 is 9.47 Å². The highest BCUT2D eigenvalue weighted by Crippen LogP contribution is 2.62. The topological polar surface area (TPSA) is 61.8 Å². The van der Waals surface area contributed by atoms with Crippen LogP contribution in [0.4, 0.5) is 0 Å². The molecule has 0 spiro atoms. The summed E-state index contributed by atoms with van der Waals surface area (Å²) < 4.78 is 16.9. The third kappa shape index (κ3) is 6.44. The molecule has 0 N–H and O–H groups in total. The minimum Gasteiger partial charge on any atom is -0.494 e. The largest absolute Gasteiger partial charge is 0.494 e. The summed E-state index contributed by atoms with van der Waals surface area (Å²) in [6, 6.07) is 15.9. The van der Waals surface area contributed by atoms with Gasteiger partial charge in [-0.2, -0.15) is 0 Å². The molecule has 0 bridgehead atoms. The van der Waals surface area contributed by atoms with Gasteiger partial charge in [-0.3, -0.25) is 9.59 Å². The van der Waals surface area contributed by atoms with Gasteiger partial charge in [0, 0.05) is 10.5 Å². The molecule has 36 heavy (non-hydrogen) atoms. The molecule has 2 aliphatic heterocycles. The van der Waals surface area contributed by atoms with Crippen molar-refractivity contribution in [2.45, 2.75) is 75.7 Å². The molecular weight excluding hydrogens is 472 g/mol. The molecule has 0 aromatic heterocycles. The van der Waals surface area contributed by atoms with Crippen molar-refractivity contribution in [2.75, 3.05) is 13.2 Å². The molecule has 0 radical (unpaired) electrons. The predicted octanol–water partition coefficient (Wildman–Crippen LogP) is 7.45. The van der Waals surface area contributed by atoms with Gasteiger partial charge >= 0.3 is 11.9 Å². The van der Waals surface area contributed by atoms with Gasteiger partial charge in [0.25, 0.3) is 0 Å². The standard InChI is InChI=1S/C30H38O5S/c1-3-5-7-9-19-33-23-15-11-21(12-16-23)27-25-26(30(32)35-29(25)31)28(36-27)22-13-17-24(18-14-22)34-20-10-8-6-4-2/h11-18,25-28H,3-10,19-20H2,1-2H3. The summed E-state index contributed by atoms with van der Waals surface area (Å²) in [5.41, 5.74) is 2.05. The van der Waals surface area contributed by atoms with Gasteiger partial charge in [0.1, 0.15) is 11.5 Å². The van der Waals surface area contributed by atoms with Gasteiger partial charge in [0.2, 0.25) is 0 Å². The third-order valence-corrected chi connectivity index (χ3v) is 8.75. The first-order valence-electron chi connectivity index (χ1n) is 13.5. The summed E-state index contributed by atoms with van der Waals surface area (Å²) in [5, 5.41) is -0.265. The molecule has 4 rings (SSSR count). The average molecular weight is 511 g/mol. The molecule has 0 amide bonds. The van der Waals surface area contributed by atoms with Crippen LogP contribution in [0.15, 0.2) is 48.5 Å². The normalized spacial score (nSPS) is 22.9. The lowest BCUT2D eigenvalue weighted by Crippen LogP contribution is -2.19. The lowest BCUT2D eigenvalue weighted by atomic mass is 9.84. The summed E-state index contributed by atoms with van der Waals surface area (Å²) in [7, 11) is 0. The average Bonchev–Trinajstić information content (AvgIpc) is 3.43. The molecule has 2 fully saturated rings. The fourth-order valence-electron chi connectivity index (χ4n) is 5.00. The van der Waals surface area contributed by atoms with Gasteiger partial charge in [0.05, 0.1) is 25.0 Å². The van der Waals surface area contributed by atoms with Crippen molar-refractivity contribution in [1.29, 1.82) is 0 Å². The summed E-state index contributed by atoms with van der Waals surface area (Å²) in [5.74, 6) is -0.0874. The predicted molar refractivity (Wildman–Crippen MR) is 143 cm³/mol. The number of carbonyl (C=O) groups is 2. The Morgan fingerprint density at radius 3 is 1.44 bits per heavy atom. The first kappa shape index (κ1) is 26.6. The number of rotatable bonds is 14. The van der Waals surface area contributed by atoms with Gasteiger partial charge in [-0.05, 0) is 48.2 Å². The van der Waals surface area contributed by atoms with Crippen molar-refractivity contribution < 1.29 is 23.8 Å². The van der Waals surface area contributed by atoms with E-state index in [4.69, 9.17) is 14.2 Å². The van der Waals surface area contributed by atoms with Crippen LogP contribution in [0, 0.1) is 11.8 Å². The van der Waals surface area contributed by atoms with E-state index in [0.29, 0.717) is 13.2 Å². The number of esters is 2. The zero-order valence-corrected chi connectivity index (χ0v) is 22.3. The van der Waals surface area contributed by atoms with Crippen molar-refractivity contribution in [1.82, 2.24) is 0 Å². The molecule has 2 aromatic carbocycles. The number of ether oxygens (including phenoxy) is 3. The van der Waals surface area contributed by atoms with E-state index in [1.165, 1.54) is 38.5 Å². The summed E-state index contributed by atoms with van der Waals surface area (Å²) >= 11 is 1.68. The highest BCUT2D eigenvalue weighted by molar-refractivity contribution is 8.00. The fourth-order valence-corrected chi connectivity index (χ4v) is 6.84. The SMILES string of the molecule is CCCCCCOc1ccc(C2SC(c3ccc(OCCCCCC)cc3)C3C(=O)OC(=O)C23)cc1. The smallest absolute Gasteiger partial charge is 0.319 e. The number of hydrogen-bond donors (Lipinski definition) is 0. The third-order valence-electron chi connectivity index (χ3n) is 7.03. The lowest BCUT2D eigenvalue weighted by Gasteiger charge is -2.16. The first-order valence-corrected chi connectivity index (χ1v) is 14.4. The molecular formula is C30H38O5S. The van der Waals surface area contributed by atoms with E-state index in [1.807, 2.05) is 48.5 Å². The van der Waals surface area contributed by atoms with Gasteiger partial charge in [-0.15, -0.1) is 11.8 Å². The Morgan fingerprint density at radius 2 is 1.06 bits per heavy atom. The Labute approximate surface area is 219 Å². The number of thioether (sulfide) groups is 1. The lowest BCUT2D eigenvalue weighted by molar-refractivity contribution is -0.153. The van der Waals surface area contributed by atoms with E-state index in [1.54, 1.807) is 11.8 Å². The Kier molecular flexibility index (Phi) is 9.74. The highest BCUT2D eigenvalue weighted by Gasteiger charge is 2.58. The molecule has 2 aromatic rings. The summed E-state index contributed by atoms with van der Waals surface area (Å²) in [6.07, 6.45) is 9.34. The van der Waals surface area contributed by atoms with Crippen LogP contribution in [0.2, 0.25) is 0 Å². The van der Waals surface area contributed by atoms with E-state index in [9.17, 15) is 9.59 Å². The van der Waals surface area contributed by atoms with Crippen molar-refractivity contribution in [3.63, 3.8) is 0 Å². The summed E-state index contributed by atoms with van der Waals surface area (Å²) in [4.78, 5) is 25.3. The Hall–Kier alpha value is -2.47. The van der Waals surface area contributed by atoms with Crippen LogP contribution in [0.25, 0.3) is 0 Å². The molecule has 4 unspecified atom stereocenters. The Morgan fingerprint density at radius 1 is 0.639 bits per heavy atom. The van der Waals surface area contributed by atoms with Crippen LogP contribution in [-0.2, 0) is 14.3 Å². The minimum absolute atomic E-state index is 0.132. The van der Waals surface area contributed by atoms with Crippen LogP contribution >= 0.6 is 11.8 Å². The number of cyclic esters (lactones) is 2. The Balaban J connectivity index is 1.41. The monoisotopic (exact) mass is 510 g/mol. The van der Waals surface area contributed by atoms with Crippen molar-refractivity contribution in [3.8, 4) is 11.5 Å². The highest BCUT2D eigenvalue weighted by atomic mass is 32.2. The van der Waals surface area contributed by atoms with Gasteiger partial charge in [0.15, 0.2) is 0 Å². The van der Waals surface area contributed by atoms with Crippen LogP contribution in [0.5, 0.6) is 11.5 Å². The zero-order valence-electron chi connectivity index (χ0n) is 21.4. The van der Waals surface area contributed by atoms with E-state index < -0.39 is 23.8 Å². The number of fused-ring (bicyclic) bond motifs is 1. The van der Waals surface area contributed by atoms with E-state index in [2.05, 4.69) is 13.8 Å². The maximum atomic E-state index is 12.7. The van der Waals surface area contributed by atoms with Crippen LogP contribution in [0.3, 0.4) is 0 Å². The van der Waals surface area contributed by atoms with Crippen LogP contribution in [0.1, 0.15) is 86.8 Å². The molecule has 6 heteroatoms. The van der Waals surface area contributed by atoms with Crippen molar-refractivity contribution in [3.05, 3.63) is 59.7 Å². The zero-order chi connectivity index (χ0) is 25.3. The molecule has 0 aliphatic carbocycles. The van der Waals surface area contributed by atoms with Gasteiger partial charge < -0.3 is 14.2 Å². The number of benzene rings is 2. The second-order valence-corrected chi connectivity index (χ2v) is 11.0. The van der Waals surface area contributed by atoms with Crippen LogP contribution in [-0.4, -0.2) is 25.2 Å². The van der Waals surface area contributed by atoms with Gasteiger partial charge in [-0.25, -0.2) is 0 Å².